The Bertz CT molecular complexity index is 5340. The van der Waals surface area contributed by atoms with Crippen molar-refractivity contribution in [3.63, 3.8) is 0 Å². The number of nitrogens with one attached hydrogen (secondary N) is 4. The Labute approximate surface area is 751 Å². The molecule has 18 rings (SSSR count). The van der Waals surface area contributed by atoms with Crippen LogP contribution >= 0.6 is 0 Å². The van der Waals surface area contributed by atoms with Gasteiger partial charge in [-0.25, -0.2) is 18.1 Å². The van der Waals surface area contributed by atoms with E-state index >= 15 is 0 Å². The minimum atomic E-state index is -4.02. The zero-order valence-electron chi connectivity index (χ0n) is 73.4. The van der Waals surface area contributed by atoms with E-state index < -0.39 is 10.1 Å². The van der Waals surface area contributed by atoms with Gasteiger partial charge in [0.05, 0.1) is 79.4 Å². The number of hydrogen-bond donors (Lipinski definition) is 8. The van der Waals surface area contributed by atoms with Crippen molar-refractivity contribution in [2.45, 2.75) is 238 Å². The molecule has 12 aromatic rings. The van der Waals surface area contributed by atoms with Crippen LogP contribution in [0.5, 0.6) is 0 Å². The molecule has 0 bridgehead atoms. The fourth-order valence-corrected chi connectivity index (χ4v) is 16.3. The first-order valence-electron chi connectivity index (χ1n) is 42.7. The molecule has 4 saturated carbocycles. The van der Waals surface area contributed by atoms with Crippen LogP contribution in [0, 0.1) is 37.5 Å². The van der Waals surface area contributed by atoms with Gasteiger partial charge < -0.3 is 66.7 Å². The summed E-state index contributed by atoms with van der Waals surface area (Å²) in [5.41, 5.74) is 17.8. The van der Waals surface area contributed by atoms with E-state index in [1.54, 1.807) is 36.9 Å². The van der Waals surface area contributed by atoms with Gasteiger partial charge in [0.15, 0.2) is 30.1 Å². The maximum Gasteiger partial charge on any atom is 1.00 e. The standard InChI is InChI=1S/C22H29N5O3.C17H21N5O2.C15H21N3.C14H19N3.C7H14N2O3.C7H8O3S.C5H5N.2CO2.Na.H/c1-15-7-2-3-8-17(15)24-21-16(13-23-27-11-6-9-18(21)27)22-25-19(26-30-22)14-29-20-10-4-5-12-28-20;1-11-5-2-3-6-13(11)19-16-12(17-20-15(10-23)21-24-17)9-18-22-8-4-7-14(16)22;1-11-6-3-4-7-13(11)17-15-12(2)10-16-18-9-5-8-14(15)18;1-11-5-2-3-6-12(11)16-13-8-9-15-17-10-4-7-14(13)17;8-6(9-10)5-12-7-3-1-2-4-11-7;1-6-2-4-7(5-3-6)11(8,9)10;1-2-4-6-5-3-1;2*2-1-3;;/h6,9,11,13,15,17,20,24H,2-5,7-8,10,12,14H2,1H3;4,7-9,11,13,19,23H,2-3,5-6,10H2,1H3;5,8-11,13,17H,3-4,6-7H2,1-2H3;4,7-12,16H,2-3,5-6H2,1H3;7,10H,1-5H2,(H2,8,9);2-5H,1H3,(H,8,9,10);1-5H;;;;/q;;;;;;;;;+1;-1. The van der Waals surface area contributed by atoms with Crippen molar-refractivity contribution >= 4 is 73.1 Å². The number of ether oxygens (including phenoxy) is 4. The van der Waals surface area contributed by atoms with Gasteiger partial charge in [-0.15, -0.1) is 0 Å². The third kappa shape index (κ3) is 30.0. The maximum atomic E-state index is 10.5. The van der Waals surface area contributed by atoms with Crippen molar-refractivity contribution in [2.75, 3.05) is 41.1 Å². The molecule has 2 saturated heterocycles. The van der Waals surface area contributed by atoms with E-state index in [2.05, 4.69) is 137 Å². The Morgan fingerprint density at radius 3 is 1.34 bits per heavy atom. The van der Waals surface area contributed by atoms with Crippen molar-refractivity contribution in [2.24, 2.45) is 34.6 Å². The molecular weight excluding hydrogens is 1630 g/mol. The van der Waals surface area contributed by atoms with Crippen LogP contribution in [0.1, 0.15) is 193 Å². The second-order valence-electron chi connectivity index (χ2n) is 31.7. The predicted molar refractivity (Wildman–Crippen MR) is 466 cm³/mol. The number of aliphatic hydroxyl groups excluding tert-OH is 1. The number of aryl methyl sites for hydroxylation is 2. The summed E-state index contributed by atoms with van der Waals surface area (Å²) in [4.78, 5) is 45.0. The van der Waals surface area contributed by atoms with E-state index in [4.69, 9.17) is 62.7 Å². The van der Waals surface area contributed by atoms with Crippen LogP contribution in [-0.2, 0) is 61.5 Å². The predicted octanol–water partition coefficient (Wildman–Crippen LogP) is 12.8. The third-order valence-corrected chi connectivity index (χ3v) is 23.6. The Kier molecular flexibility index (Phi) is 40.6. The van der Waals surface area contributed by atoms with E-state index in [9.17, 15) is 13.5 Å². The molecule has 34 nitrogen and oxygen atoms in total. The van der Waals surface area contributed by atoms with Gasteiger partial charge in [-0.3, -0.25) is 9.54 Å². The van der Waals surface area contributed by atoms with Crippen molar-refractivity contribution < 1.29 is 101 Å². The van der Waals surface area contributed by atoms with E-state index in [1.165, 1.54) is 136 Å². The van der Waals surface area contributed by atoms with Gasteiger partial charge in [0.1, 0.15) is 19.8 Å². The largest absolute Gasteiger partial charge is 1.00 e. The molecule has 6 fully saturated rings. The molecule has 4 aliphatic carbocycles. The third-order valence-electron chi connectivity index (χ3n) is 22.7. The van der Waals surface area contributed by atoms with Crippen LogP contribution in [0.2, 0.25) is 0 Å². The smallest absolute Gasteiger partial charge is 1.00 e. The molecule has 0 spiro atoms. The van der Waals surface area contributed by atoms with Gasteiger partial charge in [-0.05, 0) is 212 Å². The maximum absolute atomic E-state index is 10.5. The molecule has 10 atom stereocenters. The molecular formula is C89H118N19NaO15S. The topological polar surface area (TPSA) is 446 Å². The summed E-state index contributed by atoms with van der Waals surface area (Å²) in [7, 11) is -4.02. The number of nitrogens with two attached hydrogens (primary N) is 1. The number of anilines is 4. The fourth-order valence-electron chi connectivity index (χ4n) is 15.8. The van der Waals surface area contributed by atoms with E-state index in [1.807, 2.05) is 105 Å². The van der Waals surface area contributed by atoms with Crippen LogP contribution in [0.15, 0.2) is 178 Å². The molecule has 9 N–H and O–H groups in total. The van der Waals surface area contributed by atoms with Crippen molar-refractivity contribution in [1.82, 2.24) is 63.7 Å². The van der Waals surface area contributed by atoms with Gasteiger partial charge in [-0.2, -0.15) is 58.0 Å². The molecule has 13 heterocycles. The molecule has 2 aliphatic heterocycles. The zero-order valence-corrected chi connectivity index (χ0v) is 75.2. The summed E-state index contributed by atoms with van der Waals surface area (Å²) in [5.74, 6) is 4.48. The van der Waals surface area contributed by atoms with E-state index in [0.29, 0.717) is 53.6 Å². The Balaban J connectivity index is 0.000000186. The summed E-state index contributed by atoms with van der Waals surface area (Å²) in [6.07, 6.45) is 45.7. The summed E-state index contributed by atoms with van der Waals surface area (Å²) in [6.45, 7) is 15.0. The van der Waals surface area contributed by atoms with Crippen LogP contribution < -0.4 is 56.6 Å². The number of aliphatic hydroxyl groups is 1. The summed E-state index contributed by atoms with van der Waals surface area (Å²) in [6, 6.07) is 32.2. The average molecular weight is 1750 g/mol. The second kappa shape index (κ2) is 51.7. The molecule has 1 aromatic carbocycles. The minimum Gasteiger partial charge on any atom is -1.00 e. The first-order valence-corrected chi connectivity index (χ1v) is 44.1. The van der Waals surface area contributed by atoms with Crippen LogP contribution in [-0.4, -0.2) is 162 Å². The number of carbonyl (C=O) groups excluding carboxylic acids is 4. The van der Waals surface area contributed by atoms with Gasteiger partial charge in [-0.1, -0.05) is 118 Å². The van der Waals surface area contributed by atoms with Gasteiger partial charge in [0.25, 0.3) is 21.9 Å². The quantitative estimate of drug-likeness (QED) is 0.00987. The number of rotatable bonds is 18. The Hall–Kier alpha value is -10.7. The first-order chi connectivity index (χ1) is 60.3. The summed E-state index contributed by atoms with van der Waals surface area (Å²) >= 11 is 0. The summed E-state index contributed by atoms with van der Waals surface area (Å²) < 4.78 is 69.9. The Morgan fingerprint density at radius 1 is 0.512 bits per heavy atom. The SMILES string of the molecule is CC1CCCCC1Nc1c(-c2nc(CO)no2)cnn2cccc12.CC1CCCCC1Nc1c(-c2nc(COC3CCCCO3)no2)cnn2cccc12.CC1CCCCC1Nc1ccnn2cccc12.Cc1ccc(S(=O)(=O)O)cc1.Cc1cnn2cccc2c1NC1CCCCC1C.N/C(COC1CCCCO1)=N/O.O=C=O.O=C=O.[H-].[Na+].c1ccncc1. The number of pyridine rings is 1. The average Bonchev–Trinajstić information content (AvgIpc) is 1.62. The molecule has 6 aliphatic rings. The van der Waals surface area contributed by atoms with Gasteiger partial charge in [0.2, 0.25) is 0 Å². The second-order valence-corrected chi connectivity index (χ2v) is 33.1. The number of fused-ring (bicyclic) bond motifs is 4. The van der Waals surface area contributed by atoms with Crippen molar-refractivity contribution in [3.05, 3.63) is 182 Å². The van der Waals surface area contributed by atoms with Gasteiger partial charge >= 0.3 is 41.9 Å². The Morgan fingerprint density at radius 2 is 0.920 bits per heavy atom. The molecule has 125 heavy (non-hydrogen) atoms. The molecule has 666 valence electrons. The normalized spacial score (nSPS) is 20.9. The van der Waals surface area contributed by atoms with Crippen LogP contribution in [0.4, 0.5) is 22.7 Å². The van der Waals surface area contributed by atoms with Crippen molar-refractivity contribution in [3.8, 4) is 22.9 Å². The summed E-state index contributed by atoms with van der Waals surface area (Å²) in [5, 5.41) is 60.6. The van der Waals surface area contributed by atoms with E-state index in [0.717, 1.165) is 109 Å². The van der Waals surface area contributed by atoms with Gasteiger partial charge in [0, 0.05) is 80.8 Å². The van der Waals surface area contributed by atoms with Crippen molar-refractivity contribution in [1.29, 1.82) is 0 Å². The van der Waals surface area contributed by atoms with E-state index in [-0.39, 0.29) is 92.2 Å². The van der Waals surface area contributed by atoms with Crippen LogP contribution in [0.3, 0.4) is 0 Å². The number of nitrogens with zero attached hydrogens (tertiary/aromatic N) is 14. The number of hydrogen-bond acceptors (Lipinski definition) is 28. The molecule has 11 aromatic heterocycles. The number of benzene rings is 1. The number of amidine groups is 1. The zero-order chi connectivity index (χ0) is 88.0. The van der Waals surface area contributed by atoms with Crippen LogP contribution in [0.25, 0.3) is 45.0 Å². The molecule has 0 radical (unpaired) electrons. The number of oxime groups is 1. The molecule has 36 heteroatoms. The fraction of sp³-hybridized carbons (Fsp3) is 0.483. The molecule has 0 amide bonds. The molecule has 10 unspecified atom stereocenters. The monoisotopic (exact) mass is 1750 g/mol. The minimum absolute atomic E-state index is 0. The first kappa shape index (κ1) is 98.1. The number of aromatic nitrogens is 13.